The average Bonchev–Trinajstić information content (AvgIpc) is 2.31. The first kappa shape index (κ1) is 13.7. The normalized spacial score (nSPS) is 10.3. The van der Waals surface area contributed by atoms with E-state index in [1.54, 1.807) is 0 Å². The number of nitrogens with two attached hydrogens (primary N) is 1. The van der Waals surface area contributed by atoms with Crippen LogP contribution >= 0.6 is 0 Å². The molecule has 0 radical (unpaired) electrons. The monoisotopic (exact) mass is 234 g/mol. The Morgan fingerprint density at radius 1 is 1.29 bits per heavy atom. The maximum Gasteiger partial charge on any atom is 0.220 e. The van der Waals surface area contributed by atoms with Crippen LogP contribution in [0.25, 0.3) is 0 Å². The predicted octanol–water partition coefficient (Wildman–Crippen LogP) is 1.70. The summed E-state index contributed by atoms with van der Waals surface area (Å²) < 4.78 is 0. The van der Waals surface area contributed by atoms with Crippen molar-refractivity contribution < 1.29 is 4.79 Å². The number of carbonyl (C=O) groups is 1. The van der Waals surface area contributed by atoms with Crippen LogP contribution in [0.2, 0.25) is 0 Å². The van der Waals surface area contributed by atoms with Crippen molar-refractivity contribution in [3.05, 3.63) is 34.9 Å². The molecule has 0 saturated heterocycles. The summed E-state index contributed by atoms with van der Waals surface area (Å²) in [4.78, 5) is 11.5. The standard InChI is InChI=1S/C14H22N2O/c1-11-4-5-13(10-12(11)2)6-7-14(17)16-9-3-8-15/h4-5,10H,3,6-9,15H2,1-2H3,(H,16,17). The zero-order chi connectivity index (χ0) is 12.7. The molecule has 0 unspecified atom stereocenters. The van der Waals surface area contributed by atoms with Crippen molar-refractivity contribution in [2.24, 2.45) is 5.73 Å². The third-order valence-corrected chi connectivity index (χ3v) is 2.92. The van der Waals surface area contributed by atoms with Crippen molar-refractivity contribution >= 4 is 5.91 Å². The zero-order valence-electron chi connectivity index (χ0n) is 10.8. The molecule has 17 heavy (non-hydrogen) atoms. The molecule has 3 N–H and O–H groups in total. The molecule has 0 atom stereocenters. The number of nitrogens with one attached hydrogen (secondary N) is 1. The highest BCUT2D eigenvalue weighted by atomic mass is 16.1. The summed E-state index contributed by atoms with van der Waals surface area (Å²) >= 11 is 0. The molecule has 0 aliphatic rings. The lowest BCUT2D eigenvalue weighted by atomic mass is 10.0. The Balaban J connectivity index is 2.34. The van der Waals surface area contributed by atoms with Gasteiger partial charge in [-0.25, -0.2) is 0 Å². The highest BCUT2D eigenvalue weighted by molar-refractivity contribution is 5.76. The van der Waals surface area contributed by atoms with E-state index in [2.05, 4.69) is 37.4 Å². The molecule has 0 aliphatic carbocycles. The highest BCUT2D eigenvalue weighted by Crippen LogP contribution is 2.11. The van der Waals surface area contributed by atoms with Gasteiger partial charge in [0.1, 0.15) is 0 Å². The van der Waals surface area contributed by atoms with Gasteiger partial charge in [-0.3, -0.25) is 4.79 Å². The lowest BCUT2D eigenvalue weighted by Gasteiger charge is -2.06. The van der Waals surface area contributed by atoms with Gasteiger partial charge in [0.2, 0.25) is 5.91 Å². The van der Waals surface area contributed by atoms with Gasteiger partial charge in [-0.05, 0) is 49.9 Å². The van der Waals surface area contributed by atoms with E-state index in [0.717, 1.165) is 12.8 Å². The molecule has 0 heterocycles. The second kappa shape index (κ2) is 7.07. The Kier molecular flexibility index (Phi) is 5.70. The topological polar surface area (TPSA) is 55.1 Å². The van der Waals surface area contributed by atoms with Gasteiger partial charge in [-0.2, -0.15) is 0 Å². The quantitative estimate of drug-likeness (QED) is 0.736. The first-order chi connectivity index (χ1) is 8.13. The summed E-state index contributed by atoms with van der Waals surface area (Å²) in [6.45, 7) is 5.50. The zero-order valence-corrected chi connectivity index (χ0v) is 10.8. The summed E-state index contributed by atoms with van der Waals surface area (Å²) in [5.74, 6) is 0.108. The maximum absolute atomic E-state index is 11.5. The Morgan fingerprint density at radius 2 is 2.06 bits per heavy atom. The summed E-state index contributed by atoms with van der Waals surface area (Å²) in [6.07, 6.45) is 2.19. The van der Waals surface area contributed by atoms with Gasteiger partial charge in [0, 0.05) is 13.0 Å². The number of aryl methyl sites for hydroxylation is 3. The van der Waals surface area contributed by atoms with E-state index in [0.29, 0.717) is 19.5 Å². The van der Waals surface area contributed by atoms with Crippen LogP contribution in [0.15, 0.2) is 18.2 Å². The molecule has 0 bridgehead atoms. The Hall–Kier alpha value is -1.35. The molecule has 0 spiro atoms. The summed E-state index contributed by atoms with van der Waals surface area (Å²) in [5.41, 5.74) is 9.16. The van der Waals surface area contributed by atoms with Crippen LogP contribution < -0.4 is 11.1 Å². The molecule has 3 heteroatoms. The summed E-state index contributed by atoms with van der Waals surface area (Å²) in [7, 11) is 0. The van der Waals surface area contributed by atoms with E-state index in [1.165, 1.54) is 16.7 Å². The van der Waals surface area contributed by atoms with Crippen molar-refractivity contribution in [3.8, 4) is 0 Å². The van der Waals surface area contributed by atoms with Gasteiger partial charge in [-0.15, -0.1) is 0 Å². The molecular weight excluding hydrogens is 212 g/mol. The van der Waals surface area contributed by atoms with Gasteiger partial charge in [-0.1, -0.05) is 18.2 Å². The van der Waals surface area contributed by atoms with E-state index in [1.807, 2.05) is 0 Å². The SMILES string of the molecule is Cc1ccc(CCC(=O)NCCCN)cc1C. The molecule has 94 valence electrons. The van der Waals surface area contributed by atoms with Crippen LogP contribution in [-0.4, -0.2) is 19.0 Å². The van der Waals surface area contributed by atoms with E-state index in [9.17, 15) is 4.79 Å². The second-order valence-electron chi connectivity index (χ2n) is 4.41. The molecule has 0 saturated carbocycles. The molecular formula is C14H22N2O. The van der Waals surface area contributed by atoms with Crippen molar-refractivity contribution in [1.29, 1.82) is 0 Å². The van der Waals surface area contributed by atoms with E-state index >= 15 is 0 Å². The lowest BCUT2D eigenvalue weighted by molar-refractivity contribution is -0.121. The largest absolute Gasteiger partial charge is 0.356 e. The molecule has 3 nitrogen and oxygen atoms in total. The van der Waals surface area contributed by atoms with Crippen molar-refractivity contribution in [1.82, 2.24) is 5.32 Å². The number of amides is 1. The van der Waals surface area contributed by atoms with Crippen molar-refractivity contribution in [2.45, 2.75) is 33.1 Å². The van der Waals surface area contributed by atoms with Crippen LogP contribution in [0.4, 0.5) is 0 Å². The van der Waals surface area contributed by atoms with Gasteiger partial charge < -0.3 is 11.1 Å². The number of rotatable bonds is 6. The van der Waals surface area contributed by atoms with E-state index in [4.69, 9.17) is 5.73 Å². The fourth-order valence-corrected chi connectivity index (χ4v) is 1.64. The van der Waals surface area contributed by atoms with Crippen molar-refractivity contribution in [3.63, 3.8) is 0 Å². The van der Waals surface area contributed by atoms with Crippen LogP contribution in [0.1, 0.15) is 29.5 Å². The molecule has 1 aromatic rings. The van der Waals surface area contributed by atoms with Gasteiger partial charge in [0.15, 0.2) is 0 Å². The fourth-order valence-electron chi connectivity index (χ4n) is 1.64. The van der Waals surface area contributed by atoms with Crippen LogP contribution in [0.3, 0.4) is 0 Å². The van der Waals surface area contributed by atoms with Crippen LogP contribution in [0, 0.1) is 13.8 Å². The second-order valence-corrected chi connectivity index (χ2v) is 4.41. The van der Waals surface area contributed by atoms with Crippen molar-refractivity contribution in [2.75, 3.05) is 13.1 Å². The molecule has 1 amide bonds. The average molecular weight is 234 g/mol. The Labute approximate surface area is 103 Å². The molecule has 0 fully saturated rings. The first-order valence-electron chi connectivity index (χ1n) is 6.16. The van der Waals surface area contributed by atoms with Gasteiger partial charge in [0.05, 0.1) is 0 Å². The molecule has 1 aromatic carbocycles. The minimum Gasteiger partial charge on any atom is -0.356 e. The predicted molar refractivity (Wildman–Crippen MR) is 70.9 cm³/mol. The number of carbonyl (C=O) groups excluding carboxylic acids is 1. The fraction of sp³-hybridized carbons (Fsp3) is 0.500. The maximum atomic E-state index is 11.5. The summed E-state index contributed by atoms with van der Waals surface area (Å²) in [5, 5.41) is 2.86. The van der Waals surface area contributed by atoms with Gasteiger partial charge in [0.25, 0.3) is 0 Å². The third-order valence-electron chi connectivity index (χ3n) is 2.92. The number of hydrogen-bond donors (Lipinski definition) is 2. The highest BCUT2D eigenvalue weighted by Gasteiger charge is 2.02. The smallest absolute Gasteiger partial charge is 0.220 e. The number of benzene rings is 1. The minimum absolute atomic E-state index is 0.108. The number of hydrogen-bond acceptors (Lipinski definition) is 2. The van der Waals surface area contributed by atoms with Crippen LogP contribution in [0.5, 0.6) is 0 Å². The molecule has 1 rings (SSSR count). The first-order valence-corrected chi connectivity index (χ1v) is 6.16. The summed E-state index contributed by atoms with van der Waals surface area (Å²) in [6, 6.07) is 6.36. The van der Waals surface area contributed by atoms with Crippen LogP contribution in [-0.2, 0) is 11.2 Å². The minimum atomic E-state index is 0.108. The van der Waals surface area contributed by atoms with Gasteiger partial charge >= 0.3 is 0 Å². The Bertz CT molecular complexity index is 374. The lowest BCUT2D eigenvalue weighted by Crippen LogP contribution is -2.26. The Morgan fingerprint density at radius 3 is 2.71 bits per heavy atom. The molecule has 0 aliphatic heterocycles. The van der Waals surface area contributed by atoms with E-state index < -0.39 is 0 Å². The third kappa shape index (κ3) is 5.00. The van der Waals surface area contributed by atoms with E-state index in [-0.39, 0.29) is 5.91 Å². The molecule has 0 aromatic heterocycles.